The molecular weight excluding hydrogens is 426 g/mol. The van der Waals surface area contributed by atoms with Crippen molar-refractivity contribution in [3.63, 3.8) is 0 Å². The lowest BCUT2D eigenvalue weighted by Crippen LogP contribution is -2.52. The number of anilines is 3. The molecule has 0 spiro atoms. The SMILES string of the molecule is CC(C)CN(c1ncc(C(C)CC(=O)O)cc1Nc1ccc(Cl)nc1)C1CC(F)(F)C1. The molecule has 0 bridgehead atoms. The van der Waals surface area contributed by atoms with Crippen LogP contribution >= 0.6 is 11.6 Å². The van der Waals surface area contributed by atoms with Crippen LogP contribution in [0.1, 0.15) is 51.5 Å². The Morgan fingerprint density at radius 2 is 2.00 bits per heavy atom. The number of pyridine rings is 2. The van der Waals surface area contributed by atoms with Gasteiger partial charge in [0.2, 0.25) is 0 Å². The number of nitrogens with one attached hydrogen (secondary N) is 1. The Balaban J connectivity index is 1.99. The van der Waals surface area contributed by atoms with E-state index < -0.39 is 11.9 Å². The number of aliphatic carboxylic acids is 1. The number of aromatic nitrogens is 2. The summed E-state index contributed by atoms with van der Waals surface area (Å²) in [4.78, 5) is 21.8. The van der Waals surface area contributed by atoms with Crippen LogP contribution in [0.5, 0.6) is 0 Å². The molecule has 0 saturated heterocycles. The molecule has 3 rings (SSSR count). The molecule has 0 aliphatic heterocycles. The van der Waals surface area contributed by atoms with E-state index in [0.717, 1.165) is 5.56 Å². The Kier molecular flexibility index (Phi) is 6.99. The predicted molar refractivity (Wildman–Crippen MR) is 118 cm³/mol. The molecule has 0 radical (unpaired) electrons. The first-order valence-electron chi connectivity index (χ1n) is 10.3. The Morgan fingerprint density at radius 3 is 2.55 bits per heavy atom. The van der Waals surface area contributed by atoms with E-state index in [-0.39, 0.29) is 37.1 Å². The number of carbonyl (C=O) groups is 1. The van der Waals surface area contributed by atoms with Crippen LogP contribution in [0.3, 0.4) is 0 Å². The minimum atomic E-state index is -2.65. The molecular formula is C22H27ClF2N4O2. The molecule has 1 saturated carbocycles. The molecule has 1 aliphatic carbocycles. The second-order valence-electron chi connectivity index (χ2n) is 8.60. The lowest BCUT2D eigenvalue weighted by molar-refractivity contribution is -0.137. The molecule has 2 aromatic heterocycles. The van der Waals surface area contributed by atoms with Gasteiger partial charge >= 0.3 is 5.97 Å². The van der Waals surface area contributed by atoms with Gasteiger partial charge in [0.05, 0.1) is 24.0 Å². The summed E-state index contributed by atoms with van der Waals surface area (Å²) in [5, 5.41) is 12.8. The van der Waals surface area contributed by atoms with Crippen molar-refractivity contribution in [1.82, 2.24) is 9.97 Å². The van der Waals surface area contributed by atoms with Gasteiger partial charge in [-0.15, -0.1) is 0 Å². The zero-order valence-corrected chi connectivity index (χ0v) is 18.5. The van der Waals surface area contributed by atoms with Crippen molar-refractivity contribution in [2.45, 2.75) is 57.9 Å². The summed E-state index contributed by atoms with van der Waals surface area (Å²) in [6.45, 7) is 6.45. The van der Waals surface area contributed by atoms with Gasteiger partial charge in [0.25, 0.3) is 5.92 Å². The minimum Gasteiger partial charge on any atom is -0.481 e. The summed E-state index contributed by atoms with van der Waals surface area (Å²) < 4.78 is 27.3. The highest BCUT2D eigenvalue weighted by Crippen LogP contribution is 2.43. The van der Waals surface area contributed by atoms with E-state index in [1.807, 2.05) is 31.7 Å². The zero-order chi connectivity index (χ0) is 22.8. The van der Waals surface area contributed by atoms with Crippen molar-refractivity contribution in [2.75, 3.05) is 16.8 Å². The molecule has 6 nitrogen and oxygen atoms in total. The topological polar surface area (TPSA) is 78.4 Å². The second kappa shape index (κ2) is 9.34. The Morgan fingerprint density at radius 1 is 1.29 bits per heavy atom. The largest absolute Gasteiger partial charge is 0.481 e. The third kappa shape index (κ3) is 6.03. The van der Waals surface area contributed by atoms with E-state index in [2.05, 4.69) is 15.3 Å². The van der Waals surface area contributed by atoms with Gasteiger partial charge in [-0.1, -0.05) is 32.4 Å². The first-order valence-corrected chi connectivity index (χ1v) is 10.7. The summed E-state index contributed by atoms with van der Waals surface area (Å²) in [6.07, 6.45) is 2.76. The number of nitrogens with zero attached hydrogens (tertiary/aromatic N) is 3. The van der Waals surface area contributed by atoms with Crippen LogP contribution < -0.4 is 10.2 Å². The Labute approximate surface area is 185 Å². The highest BCUT2D eigenvalue weighted by Gasteiger charge is 2.48. The first-order chi connectivity index (χ1) is 14.5. The van der Waals surface area contributed by atoms with E-state index in [4.69, 9.17) is 16.7 Å². The van der Waals surface area contributed by atoms with Crippen LogP contribution in [0, 0.1) is 5.92 Å². The van der Waals surface area contributed by atoms with Crippen LogP contribution in [-0.2, 0) is 4.79 Å². The lowest BCUT2D eigenvalue weighted by atomic mass is 9.86. The quantitative estimate of drug-likeness (QED) is 0.474. The van der Waals surface area contributed by atoms with Gasteiger partial charge in [-0.3, -0.25) is 4.79 Å². The first kappa shape index (κ1) is 23.2. The standard InChI is InChI=1S/C22H27ClF2N4O2/c1-13(2)12-29(17-8-22(24,25)9-17)21-18(28-16-4-5-19(23)26-11-16)7-15(10-27-21)14(3)6-20(30)31/h4-5,7,10-11,13-14,17,28H,6,8-9,12H2,1-3H3,(H,30,31). The monoisotopic (exact) mass is 452 g/mol. The van der Waals surface area contributed by atoms with Crippen LogP contribution in [-0.4, -0.2) is 39.6 Å². The molecule has 0 aromatic carbocycles. The molecule has 168 valence electrons. The number of halogens is 3. The van der Waals surface area contributed by atoms with Crippen LogP contribution in [0.15, 0.2) is 30.6 Å². The molecule has 1 atom stereocenters. The second-order valence-corrected chi connectivity index (χ2v) is 8.98. The van der Waals surface area contributed by atoms with Gasteiger partial charge in [-0.2, -0.15) is 0 Å². The number of hydrogen-bond donors (Lipinski definition) is 2. The van der Waals surface area contributed by atoms with E-state index in [1.165, 1.54) is 0 Å². The van der Waals surface area contributed by atoms with E-state index in [1.54, 1.807) is 24.5 Å². The molecule has 2 heterocycles. The normalized spacial score (nSPS) is 16.6. The van der Waals surface area contributed by atoms with Gasteiger partial charge in [-0.05, 0) is 35.6 Å². The van der Waals surface area contributed by atoms with Gasteiger partial charge in [0.15, 0.2) is 5.82 Å². The number of carboxylic acid groups (broad SMARTS) is 1. The molecule has 0 amide bonds. The van der Waals surface area contributed by atoms with Crippen molar-refractivity contribution in [3.05, 3.63) is 41.3 Å². The summed E-state index contributed by atoms with van der Waals surface area (Å²) >= 11 is 5.88. The highest BCUT2D eigenvalue weighted by atomic mass is 35.5. The average molecular weight is 453 g/mol. The van der Waals surface area contributed by atoms with Gasteiger partial charge in [0, 0.05) is 31.6 Å². The number of rotatable bonds is 9. The van der Waals surface area contributed by atoms with Crippen molar-refractivity contribution in [1.29, 1.82) is 0 Å². The third-order valence-corrected chi connectivity index (χ3v) is 5.51. The molecule has 1 aliphatic rings. The smallest absolute Gasteiger partial charge is 0.303 e. The number of hydrogen-bond acceptors (Lipinski definition) is 5. The third-order valence-electron chi connectivity index (χ3n) is 5.29. The number of carboxylic acids is 1. The van der Waals surface area contributed by atoms with E-state index in [0.29, 0.717) is 28.9 Å². The van der Waals surface area contributed by atoms with Gasteiger partial charge in [-0.25, -0.2) is 18.7 Å². The summed E-state index contributed by atoms with van der Waals surface area (Å²) in [6, 6.07) is 4.94. The van der Waals surface area contributed by atoms with E-state index >= 15 is 0 Å². The molecule has 31 heavy (non-hydrogen) atoms. The fourth-order valence-corrected chi connectivity index (χ4v) is 3.81. The fraction of sp³-hybridized carbons (Fsp3) is 0.500. The molecule has 1 unspecified atom stereocenters. The van der Waals surface area contributed by atoms with Crippen molar-refractivity contribution < 1.29 is 18.7 Å². The zero-order valence-electron chi connectivity index (χ0n) is 17.8. The van der Waals surface area contributed by atoms with Crippen LogP contribution in [0.25, 0.3) is 0 Å². The van der Waals surface area contributed by atoms with Gasteiger partial charge < -0.3 is 15.3 Å². The van der Waals surface area contributed by atoms with Crippen molar-refractivity contribution in [2.24, 2.45) is 5.92 Å². The average Bonchev–Trinajstić information content (AvgIpc) is 2.65. The maximum Gasteiger partial charge on any atom is 0.303 e. The van der Waals surface area contributed by atoms with Crippen molar-refractivity contribution >= 4 is 34.8 Å². The summed E-state index contributed by atoms with van der Waals surface area (Å²) in [5.41, 5.74) is 2.03. The summed E-state index contributed by atoms with van der Waals surface area (Å²) in [7, 11) is 0. The van der Waals surface area contributed by atoms with Crippen molar-refractivity contribution in [3.8, 4) is 0 Å². The molecule has 2 N–H and O–H groups in total. The van der Waals surface area contributed by atoms with E-state index in [9.17, 15) is 13.6 Å². The Bertz CT molecular complexity index is 916. The van der Waals surface area contributed by atoms with Gasteiger partial charge in [0.1, 0.15) is 5.15 Å². The number of alkyl halides is 2. The molecule has 1 fully saturated rings. The Hall–Kier alpha value is -2.48. The molecule has 2 aromatic rings. The maximum absolute atomic E-state index is 13.6. The van der Waals surface area contributed by atoms with Crippen LogP contribution in [0.4, 0.5) is 26.0 Å². The predicted octanol–water partition coefficient (Wildman–Crippen LogP) is 5.71. The molecule has 9 heteroatoms. The maximum atomic E-state index is 13.6. The lowest BCUT2D eigenvalue weighted by Gasteiger charge is -2.44. The summed E-state index contributed by atoms with van der Waals surface area (Å²) in [5.74, 6) is -2.99. The van der Waals surface area contributed by atoms with Crippen LogP contribution in [0.2, 0.25) is 5.15 Å². The fourth-order valence-electron chi connectivity index (χ4n) is 3.70. The minimum absolute atomic E-state index is 0.0342. The highest BCUT2D eigenvalue weighted by molar-refractivity contribution is 6.29.